The maximum absolute atomic E-state index is 12.5. The predicted molar refractivity (Wildman–Crippen MR) is 76.0 cm³/mol. The van der Waals surface area contributed by atoms with Crippen molar-refractivity contribution in [1.29, 1.82) is 0 Å². The number of nitrogens with zero attached hydrogens (tertiary/aromatic N) is 2. The van der Waals surface area contributed by atoms with Crippen molar-refractivity contribution in [3.05, 3.63) is 41.0 Å². The first kappa shape index (κ1) is 16.6. The molecule has 0 atom stereocenters. The molecule has 22 heavy (non-hydrogen) atoms. The van der Waals surface area contributed by atoms with Crippen LogP contribution in [0.1, 0.15) is 18.2 Å². The number of carbonyl (C=O) groups is 1. The van der Waals surface area contributed by atoms with Gasteiger partial charge in [0.1, 0.15) is 5.82 Å². The first-order valence-electron chi connectivity index (χ1n) is 6.64. The van der Waals surface area contributed by atoms with E-state index in [-0.39, 0.29) is 11.4 Å². The zero-order valence-electron chi connectivity index (χ0n) is 11.9. The Morgan fingerprint density at radius 1 is 1.45 bits per heavy atom. The summed E-state index contributed by atoms with van der Waals surface area (Å²) in [5, 5.41) is 2.85. The number of hydrogen-bond acceptors (Lipinski definition) is 4. The molecule has 1 aliphatic heterocycles. The highest BCUT2D eigenvalue weighted by molar-refractivity contribution is 6.16. The summed E-state index contributed by atoms with van der Waals surface area (Å²) in [7, 11) is 0. The van der Waals surface area contributed by atoms with Crippen LogP contribution < -0.4 is 5.32 Å². The molecule has 0 aliphatic carbocycles. The summed E-state index contributed by atoms with van der Waals surface area (Å²) in [6, 6.07) is 3.59. The van der Waals surface area contributed by atoms with Gasteiger partial charge in [0.05, 0.1) is 11.6 Å². The summed E-state index contributed by atoms with van der Waals surface area (Å²) >= 11 is 5.66. The summed E-state index contributed by atoms with van der Waals surface area (Å²) in [4.78, 5) is 17.2. The van der Waals surface area contributed by atoms with Crippen LogP contribution in [0.3, 0.4) is 0 Å². The Morgan fingerprint density at radius 3 is 2.73 bits per heavy atom. The third-order valence-corrected chi connectivity index (χ3v) is 3.61. The van der Waals surface area contributed by atoms with Gasteiger partial charge in [-0.25, -0.2) is 0 Å². The lowest BCUT2D eigenvalue weighted by molar-refractivity contribution is -0.166. The van der Waals surface area contributed by atoms with Crippen LogP contribution in [0.25, 0.3) is 0 Å². The van der Waals surface area contributed by atoms with Gasteiger partial charge in [0, 0.05) is 31.4 Å². The van der Waals surface area contributed by atoms with Crippen molar-refractivity contribution in [2.45, 2.75) is 25.5 Å². The quantitative estimate of drug-likeness (QED) is 0.679. The molecule has 1 aromatic rings. The van der Waals surface area contributed by atoms with Crippen molar-refractivity contribution >= 4 is 17.4 Å². The number of allylic oxidation sites excluding steroid dienone is 1. The van der Waals surface area contributed by atoms with E-state index in [2.05, 4.69) is 10.3 Å². The third kappa shape index (κ3) is 3.71. The van der Waals surface area contributed by atoms with E-state index in [0.717, 1.165) is 11.3 Å². The van der Waals surface area contributed by atoms with Crippen LogP contribution in [-0.4, -0.2) is 34.9 Å². The fourth-order valence-corrected chi connectivity index (χ4v) is 2.39. The topological polar surface area (TPSA) is 45.2 Å². The van der Waals surface area contributed by atoms with Gasteiger partial charge in [-0.1, -0.05) is 6.07 Å². The Bertz CT molecular complexity index is 584. The lowest BCUT2D eigenvalue weighted by Crippen LogP contribution is -2.29. The molecule has 1 N–H and O–H groups in total. The summed E-state index contributed by atoms with van der Waals surface area (Å²) in [5.41, 5.74) is 1.24. The molecule has 0 unspecified atom stereocenters. The van der Waals surface area contributed by atoms with Crippen molar-refractivity contribution in [3.8, 4) is 0 Å². The van der Waals surface area contributed by atoms with E-state index in [1.807, 2.05) is 6.07 Å². The largest absolute Gasteiger partial charge is 0.454 e. The zero-order valence-corrected chi connectivity index (χ0v) is 12.6. The molecule has 0 bridgehead atoms. The molecule has 1 fully saturated rings. The molecule has 4 nitrogen and oxygen atoms in total. The number of aromatic nitrogens is 1. The summed E-state index contributed by atoms with van der Waals surface area (Å²) in [5.74, 6) is -1.29. The van der Waals surface area contributed by atoms with Gasteiger partial charge in [-0.2, -0.15) is 13.2 Å². The second-order valence-electron chi connectivity index (χ2n) is 4.94. The van der Waals surface area contributed by atoms with Crippen LogP contribution in [0.15, 0.2) is 29.7 Å². The highest BCUT2D eigenvalue weighted by atomic mass is 35.5. The lowest BCUT2D eigenvalue weighted by atomic mass is 10.1. The molecule has 0 spiro atoms. The van der Waals surface area contributed by atoms with Crippen molar-refractivity contribution in [1.82, 2.24) is 15.2 Å². The fourth-order valence-electron chi connectivity index (χ4n) is 2.23. The van der Waals surface area contributed by atoms with Crippen LogP contribution in [0.5, 0.6) is 0 Å². The Hall–Kier alpha value is -1.76. The van der Waals surface area contributed by atoms with Crippen LogP contribution >= 0.6 is 11.6 Å². The lowest BCUT2D eigenvalue weighted by Gasteiger charge is -2.21. The number of Topliss-reactive ketones (excluding diaryl/α,β-unsaturated/α-hetero) is 1. The van der Waals surface area contributed by atoms with E-state index in [4.69, 9.17) is 11.6 Å². The molecular weight excluding hydrogens is 319 g/mol. The number of carbonyl (C=O) groups excluding carboxylic acids is 1. The van der Waals surface area contributed by atoms with Gasteiger partial charge in [0.25, 0.3) is 5.78 Å². The fraction of sp³-hybridized carbons (Fsp3) is 0.429. The van der Waals surface area contributed by atoms with E-state index in [1.165, 1.54) is 6.92 Å². The Labute approximate surface area is 131 Å². The number of pyridine rings is 1. The first-order valence-corrected chi connectivity index (χ1v) is 7.17. The minimum absolute atomic E-state index is 0.226. The van der Waals surface area contributed by atoms with Crippen LogP contribution in [0.2, 0.25) is 0 Å². The van der Waals surface area contributed by atoms with E-state index in [9.17, 15) is 18.0 Å². The van der Waals surface area contributed by atoms with Gasteiger partial charge in [-0.3, -0.25) is 9.78 Å². The maximum atomic E-state index is 12.5. The standard InChI is InChI=1S/C14H15ClF3N3O/c1-9(12(22)14(16,17)18)13-19-4-5-21(13)8-10-2-3-11(6-15)20-7-10/h2-3,7,19H,4-6,8H2,1H3/b13-9+. The second kappa shape index (κ2) is 6.56. The van der Waals surface area contributed by atoms with E-state index in [1.54, 1.807) is 17.2 Å². The van der Waals surface area contributed by atoms with Gasteiger partial charge in [0.2, 0.25) is 0 Å². The summed E-state index contributed by atoms with van der Waals surface area (Å²) in [6.07, 6.45) is -3.23. The molecule has 1 saturated heterocycles. The number of alkyl halides is 4. The molecule has 120 valence electrons. The number of rotatable bonds is 4. The summed E-state index contributed by atoms with van der Waals surface area (Å²) < 4.78 is 37.6. The molecule has 1 aliphatic rings. The van der Waals surface area contributed by atoms with E-state index in [0.29, 0.717) is 25.5 Å². The highest BCUT2D eigenvalue weighted by Gasteiger charge is 2.41. The number of nitrogens with one attached hydrogen (secondary N) is 1. The van der Waals surface area contributed by atoms with E-state index < -0.39 is 12.0 Å². The third-order valence-electron chi connectivity index (χ3n) is 3.34. The normalized spacial score (nSPS) is 17.4. The number of hydrogen-bond donors (Lipinski definition) is 1. The molecular formula is C14H15ClF3N3O. The molecule has 0 saturated carbocycles. The number of ketones is 1. The average molecular weight is 334 g/mol. The SMILES string of the molecule is C/C(C(=O)C(F)(F)F)=C1/NCCN1Cc1ccc(CCl)nc1. The Morgan fingerprint density at radius 2 is 2.18 bits per heavy atom. The Balaban J connectivity index is 2.18. The van der Waals surface area contributed by atoms with Crippen LogP contribution in [0, 0.1) is 0 Å². The van der Waals surface area contributed by atoms with E-state index >= 15 is 0 Å². The Kier molecular flexibility index (Phi) is 4.95. The molecule has 0 amide bonds. The molecule has 1 aromatic heterocycles. The molecule has 0 aromatic carbocycles. The van der Waals surface area contributed by atoms with Gasteiger partial charge >= 0.3 is 6.18 Å². The molecule has 8 heteroatoms. The van der Waals surface area contributed by atoms with Crippen LogP contribution in [-0.2, 0) is 17.2 Å². The van der Waals surface area contributed by atoms with Crippen LogP contribution in [0.4, 0.5) is 13.2 Å². The predicted octanol–water partition coefficient (Wildman–Crippen LogP) is 2.59. The highest BCUT2D eigenvalue weighted by Crippen LogP contribution is 2.24. The monoisotopic (exact) mass is 333 g/mol. The van der Waals surface area contributed by atoms with Gasteiger partial charge < -0.3 is 10.2 Å². The van der Waals surface area contributed by atoms with Crippen molar-refractivity contribution in [2.24, 2.45) is 0 Å². The van der Waals surface area contributed by atoms with Gasteiger partial charge in [0.15, 0.2) is 0 Å². The van der Waals surface area contributed by atoms with Gasteiger partial charge in [-0.15, -0.1) is 11.6 Å². The summed E-state index contributed by atoms with van der Waals surface area (Å²) in [6.45, 7) is 2.58. The number of halogens is 4. The second-order valence-corrected chi connectivity index (χ2v) is 5.21. The molecule has 0 radical (unpaired) electrons. The molecule has 2 rings (SSSR count). The minimum Gasteiger partial charge on any atom is -0.370 e. The molecule has 2 heterocycles. The smallest absolute Gasteiger partial charge is 0.370 e. The van der Waals surface area contributed by atoms with Crippen molar-refractivity contribution < 1.29 is 18.0 Å². The zero-order chi connectivity index (χ0) is 16.3. The van der Waals surface area contributed by atoms with Crippen molar-refractivity contribution in [3.63, 3.8) is 0 Å². The first-order chi connectivity index (χ1) is 10.3. The van der Waals surface area contributed by atoms with Gasteiger partial charge in [-0.05, 0) is 18.6 Å². The average Bonchev–Trinajstić information content (AvgIpc) is 2.93. The van der Waals surface area contributed by atoms with Crippen molar-refractivity contribution in [2.75, 3.05) is 13.1 Å². The maximum Gasteiger partial charge on any atom is 0.454 e. The minimum atomic E-state index is -4.86.